The Morgan fingerprint density at radius 2 is 1.69 bits per heavy atom. The van der Waals surface area contributed by atoms with E-state index in [0.29, 0.717) is 32.0 Å². The molecule has 1 heterocycles. The first-order valence-electron chi connectivity index (χ1n) is 3.89. The molecule has 13 heavy (non-hydrogen) atoms. The minimum absolute atomic E-state index is 0.443. The van der Waals surface area contributed by atoms with Crippen LogP contribution in [0, 0.1) is 0 Å². The predicted octanol–water partition coefficient (Wildman–Crippen LogP) is 0.0283. The van der Waals surface area contributed by atoms with E-state index >= 15 is 0 Å². The van der Waals surface area contributed by atoms with E-state index in [4.69, 9.17) is 26.4 Å². The molecule has 0 saturated carbocycles. The molecule has 0 atom stereocenters. The van der Waals surface area contributed by atoms with E-state index in [9.17, 15) is 0 Å². The molecule has 0 amide bonds. The molecule has 0 N–H and O–H groups in total. The van der Waals surface area contributed by atoms with Crippen molar-refractivity contribution in [1.82, 2.24) is 9.80 Å². The Morgan fingerprint density at radius 1 is 1.23 bits per heavy atom. The lowest BCUT2D eigenvalue weighted by atomic mass is 10.6. The Kier molecular flexibility index (Phi) is 4.37. The Balaban J connectivity index is 2.45. The van der Waals surface area contributed by atoms with Crippen molar-refractivity contribution in [3.8, 4) is 0 Å². The topological polar surface area (TPSA) is 34.2 Å². The lowest BCUT2D eigenvalue weighted by Gasteiger charge is -2.36. The standard InChI is InChI=1S/C7H14N2O3S/c1-10-3-8-5-12-6-9(4-11-2)7(8)13/h3-6H2,1-2H3. The molecule has 6 heteroatoms. The van der Waals surface area contributed by atoms with Crippen LogP contribution in [0.4, 0.5) is 0 Å². The highest BCUT2D eigenvalue weighted by Crippen LogP contribution is 2.06. The maximum atomic E-state index is 5.27. The molecule has 0 aromatic carbocycles. The second kappa shape index (κ2) is 5.33. The lowest BCUT2D eigenvalue weighted by molar-refractivity contribution is -0.0788. The minimum atomic E-state index is 0.443. The molecular formula is C7H14N2O3S. The van der Waals surface area contributed by atoms with Crippen molar-refractivity contribution in [3.05, 3.63) is 0 Å². The van der Waals surface area contributed by atoms with Gasteiger partial charge in [0.25, 0.3) is 0 Å². The van der Waals surface area contributed by atoms with E-state index in [0.717, 1.165) is 0 Å². The molecule has 0 bridgehead atoms. The molecule has 0 radical (unpaired) electrons. The summed E-state index contributed by atoms with van der Waals surface area (Å²) in [6, 6.07) is 0. The summed E-state index contributed by atoms with van der Waals surface area (Å²) in [5, 5.41) is 0.704. The fourth-order valence-electron chi connectivity index (χ4n) is 1.07. The molecule has 5 nitrogen and oxygen atoms in total. The first kappa shape index (κ1) is 10.6. The fraction of sp³-hybridized carbons (Fsp3) is 0.857. The highest BCUT2D eigenvalue weighted by atomic mass is 32.1. The Hall–Kier alpha value is -0.430. The van der Waals surface area contributed by atoms with Crippen molar-refractivity contribution < 1.29 is 14.2 Å². The molecule has 0 aromatic heterocycles. The number of hydrogen-bond acceptors (Lipinski definition) is 4. The average Bonchev–Trinajstić information content (AvgIpc) is 2.13. The van der Waals surface area contributed by atoms with Crippen molar-refractivity contribution in [2.45, 2.75) is 0 Å². The lowest BCUT2D eigenvalue weighted by Crippen LogP contribution is -2.51. The van der Waals surface area contributed by atoms with Crippen LogP contribution < -0.4 is 0 Å². The van der Waals surface area contributed by atoms with Gasteiger partial charge in [0.15, 0.2) is 5.11 Å². The number of thiocarbonyl (C=S) groups is 1. The van der Waals surface area contributed by atoms with Gasteiger partial charge in [0.2, 0.25) is 0 Å². The van der Waals surface area contributed by atoms with Gasteiger partial charge in [-0.15, -0.1) is 0 Å². The van der Waals surface area contributed by atoms with Gasteiger partial charge in [0, 0.05) is 14.2 Å². The number of rotatable bonds is 4. The van der Waals surface area contributed by atoms with Crippen LogP contribution in [-0.4, -0.2) is 56.1 Å². The molecule has 1 aliphatic rings. The van der Waals surface area contributed by atoms with Crippen LogP contribution in [-0.2, 0) is 14.2 Å². The zero-order valence-corrected chi connectivity index (χ0v) is 8.67. The second-order valence-corrected chi connectivity index (χ2v) is 3.03. The van der Waals surface area contributed by atoms with Gasteiger partial charge in [0.05, 0.1) is 0 Å². The van der Waals surface area contributed by atoms with Gasteiger partial charge in [-0.05, 0) is 12.2 Å². The van der Waals surface area contributed by atoms with E-state index in [1.807, 2.05) is 9.80 Å². The van der Waals surface area contributed by atoms with Crippen molar-refractivity contribution >= 4 is 17.3 Å². The third-order valence-electron chi connectivity index (χ3n) is 1.61. The molecule has 1 rings (SSSR count). The maximum absolute atomic E-state index is 5.27. The summed E-state index contributed by atoms with van der Waals surface area (Å²) in [6.07, 6.45) is 0. The van der Waals surface area contributed by atoms with Crippen LogP contribution in [0.25, 0.3) is 0 Å². The summed E-state index contributed by atoms with van der Waals surface area (Å²) in [5.41, 5.74) is 0. The van der Waals surface area contributed by atoms with Crippen LogP contribution in [0.2, 0.25) is 0 Å². The third kappa shape index (κ3) is 2.77. The first-order chi connectivity index (χ1) is 6.29. The van der Waals surface area contributed by atoms with E-state index in [1.54, 1.807) is 14.2 Å². The zero-order valence-electron chi connectivity index (χ0n) is 7.86. The number of methoxy groups -OCH3 is 2. The van der Waals surface area contributed by atoms with E-state index < -0.39 is 0 Å². The predicted molar refractivity (Wildman–Crippen MR) is 50.8 cm³/mol. The van der Waals surface area contributed by atoms with E-state index in [2.05, 4.69) is 0 Å². The molecule has 76 valence electrons. The third-order valence-corrected chi connectivity index (χ3v) is 2.12. The number of hydrogen-bond donors (Lipinski definition) is 0. The SMILES string of the molecule is COCN1COCN(COC)C1=S. The van der Waals surface area contributed by atoms with Gasteiger partial charge in [0.1, 0.15) is 26.9 Å². The van der Waals surface area contributed by atoms with Crippen LogP contribution in [0.1, 0.15) is 0 Å². The van der Waals surface area contributed by atoms with Crippen molar-refractivity contribution in [3.63, 3.8) is 0 Å². The summed E-state index contributed by atoms with van der Waals surface area (Å²) in [7, 11) is 3.25. The van der Waals surface area contributed by atoms with Gasteiger partial charge in [-0.1, -0.05) is 0 Å². The van der Waals surface area contributed by atoms with Gasteiger partial charge < -0.3 is 24.0 Å². The quantitative estimate of drug-likeness (QED) is 0.604. The van der Waals surface area contributed by atoms with Crippen LogP contribution >= 0.6 is 12.2 Å². The van der Waals surface area contributed by atoms with Gasteiger partial charge in [-0.2, -0.15) is 0 Å². The Morgan fingerprint density at radius 3 is 2.08 bits per heavy atom. The number of ether oxygens (including phenoxy) is 3. The highest BCUT2D eigenvalue weighted by molar-refractivity contribution is 7.80. The fourth-order valence-corrected chi connectivity index (χ4v) is 1.28. The molecule has 1 aliphatic heterocycles. The molecule has 0 unspecified atom stereocenters. The van der Waals surface area contributed by atoms with Crippen molar-refractivity contribution in [2.75, 3.05) is 41.1 Å². The van der Waals surface area contributed by atoms with Gasteiger partial charge in [-0.25, -0.2) is 0 Å². The van der Waals surface area contributed by atoms with Gasteiger partial charge >= 0.3 is 0 Å². The van der Waals surface area contributed by atoms with E-state index in [-0.39, 0.29) is 0 Å². The Labute approximate surface area is 83.1 Å². The van der Waals surface area contributed by atoms with Crippen molar-refractivity contribution in [1.29, 1.82) is 0 Å². The molecule has 1 fully saturated rings. The molecular weight excluding hydrogens is 192 g/mol. The second-order valence-electron chi connectivity index (χ2n) is 2.66. The monoisotopic (exact) mass is 206 g/mol. The van der Waals surface area contributed by atoms with E-state index in [1.165, 1.54) is 0 Å². The summed E-state index contributed by atoms with van der Waals surface area (Å²) in [6.45, 7) is 1.85. The summed E-state index contributed by atoms with van der Waals surface area (Å²) in [4.78, 5) is 3.63. The highest BCUT2D eigenvalue weighted by Gasteiger charge is 2.21. The van der Waals surface area contributed by atoms with Crippen molar-refractivity contribution in [2.24, 2.45) is 0 Å². The first-order valence-corrected chi connectivity index (χ1v) is 4.30. The number of nitrogens with zero attached hydrogens (tertiary/aromatic N) is 2. The molecule has 0 aliphatic carbocycles. The Bertz CT molecular complexity index is 159. The summed E-state index contributed by atoms with van der Waals surface area (Å²) < 4.78 is 15.2. The minimum Gasteiger partial charge on any atom is -0.364 e. The van der Waals surface area contributed by atoms with Crippen LogP contribution in [0.5, 0.6) is 0 Å². The largest absolute Gasteiger partial charge is 0.364 e. The smallest absolute Gasteiger partial charge is 0.178 e. The zero-order chi connectivity index (χ0) is 9.68. The average molecular weight is 206 g/mol. The van der Waals surface area contributed by atoms with Crippen LogP contribution in [0.3, 0.4) is 0 Å². The molecule has 1 saturated heterocycles. The molecule has 0 aromatic rings. The summed E-state index contributed by atoms with van der Waals surface area (Å²) >= 11 is 5.19. The molecule has 0 spiro atoms. The summed E-state index contributed by atoms with van der Waals surface area (Å²) in [5.74, 6) is 0. The normalized spacial score (nSPS) is 18.2. The van der Waals surface area contributed by atoms with Crippen LogP contribution in [0.15, 0.2) is 0 Å². The van der Waals surface area contributed by atoms with Gasteiger partial charge in [-0.3, -0.25) is 0 Å². The maximum Gasteiger partial charge on any atom is 0.178 e.